The van der Waals surface area contributed by atoms with E-state index >= 15 is 0 Å². The first kappa shape index (κ1) is 11.6. The molecule has 2 fully saturated rings. The average molecular weight is 249 g/mol. The number of rotatable bonds is 1. The van der Waals surface area contributed by atoms with Gasteiger partial charge in [-0.15, -0.1) is 0 Å². The minimum atomic E-state index is -0.447. The fourth-order valence-electron chi connectivity index (χ4n) is 2.74. The third-order valence-corrected chi connectivity index (χ3v) is 3.54. The van der Waals surface area contributed by atoms with Crippen molar-refractivity contribution in [3.8, 4) is 0 Å². The Morgan fingerprint density at radius 3 is 2.89 bits per heavy atom. The van der Waals surface area contributed by atoms with Gasteiger partial charge in [0.1, 0.15) is 11.4 Å². The van der Waals surface area contributed by atoms with E-state index in [9.17, 15) is 4.79 Å². The highest BCUT2D eigenvalue weighted by Gasteiger charge is 2.56. The van der Waals surface area contributed by atoms with Crippen LogP contribution in [-0.4, -0.2) is 32.6 Å². The standard InChI is InChI=1S/C13H19N3O2/c1-13(2,3)18-12(17)16-9-6-8(9)7-10(16)11-14-4-5-15-11/h4-5,8-10H,6-7H2,1-3H3,(H,14,15)/t8?,9?,10-/m0/s1. The van der Waals surface area contributed by atoms with Crippen LogP contribution in [0.15, 0.2) is 12.4 Å². The summed E-state index contributed by atoms with van der Waals surface area (Å²) >= 11 is 0. The lowest BCUT2D eigenvalue weighted by molar-refractivity contribution is 0.0175. The Bertz CT molecular complexity index is 449. The zero-order valence-electron chi connectivity index (χ0n) is 11.0. The van der Waals surface area contributed by atoms with Gasteiger partial charge in [0.05, 0.1) is 6.04 Å². The number of imidazole rings is 1. The van der Waals surface area contributed by atoms with E-state index < -0.39 is 5.60 Å². The minimum absolute atomic E-state index is 0.0543. The maximum absolute atomic E-state index is 12.3. The second kappa shape index (κ2) is 3.73. The second-order valence-corrected chi connectivity index (χ2v) is 6.18. The van der Waals surface area contributed by atoms with Crippen LogP contribution in [0, 0.1) is 5.92 Å². The van der Waals surface area contributed by atoms with Crippen molar-refractivity contribution in [2.24, 2.45) is 5.92 Å². The van der Waals surface area contributed by atoms with Crippen LogP contribution in [0.2, 0.25) is 0 Å². The number of piperidine rings is 1. The highest BCUT2D eigenvalue weighted by atomic mass is 16.6. The summed E-state index contributed by atoms with van der Waals surface area (Å²) in [5.74, 6) is 1.50. The van der Waals surface area contributed by atoms with E-state index in [2.05, 4.69) is 9.97 Å². The number of aromatic nitrogens is 2. The van der Waals surface area contributed by atoms with Gasteiger partial charge in [-0.25, -0.2) is 9.78 Å². The molecule has 5 nitrogen and oxygen atoms in total. The molecule has 1 aliphatic heterocycles. The Kier molecular flexibility index (Phi) is 2.40. The normalized spacial score (nSPS) is 30.2. The van der Waals surface area contributed by atoms with Crippen molar-refractivity contribution in [2.45, 2.75) is 51.3 Å². The molecule has 1 saturated heterocycles. The first-order valence-electron chi connectivity index (χ1n) is 6.46. The van der Waals surface area contributed by atoms with Crippen LogP contribution in [0.1, 0.15) is 45.5 Å². The summed E-state index contributed by atoms with van der Waals surface area (Å²) in [6.45, 7) is 5.69. The number of fused-ring (bicyclic) bond motifs is 1. The SMILES string of the molecule is CC(C)(C)OC(=O)N1C2CC2C[C@H]1c1ncc[nH]1. The maximum Gasteiger partial charge on any atom is 0.411 e. The number of nitrogens with zero attached hydrogens (tertiary/aromatic N) is 2. The summed E-state index contributed by atoms with van der Waals surface area (Å²) in [6.07, 6.45) is 5.42. The van der Waals surface area contributed by atoms with Crippen LogP contribution in [0.25, 0.3) is 0 Å². The van der Waals surface area contributed by atoms with Gasteiger partial charge in [-0.05, 0) is 39.5 Å². The van der Waals surface area contributed by atoms with Gasteiger partial charge in [-0.2, -0.15) is 0 Å². The Labute approximate surface area is 107 Å². The van der Waals surface area contributed by atoms with Crippen LogP contribution in [0.5, 0.6) is 0 Å². The molecule has 1 aromatic rings. The summed E-state index contributed by atoms with van der Waals surface area (Å²) in [6, 6.07) is 0.411. The molecule has 3 rings (SSSR count). The van der Waals surface area contributed by atoms with E-state index in [1.54, 1.807) is 12.4 Å². The lowest BCUT2D eigenvalue weighted by Gasteiger charge is -2.29. The predicted molar refractivity (Wildman–Crippen MR) is 65.9 cm³/mol. The number of carbonyl (C=O) groups excluding carboxylic acids is 1. The summed E-state index contributed by atoms with van der Waals surface area (Å²) in [4.78, 5) is 21.5. The second-order valence-electron chi connectivity index (χ2n) is 6.18. The first-order valence-corrected chi connectivity index (χ1v) is 6.46. The quantitative estimate of drug-likeness (QED) is 0.831. The molecule has 1 amide bonds. The first-order chi connectivity index (χ1) is 8.46. The summed E-state index contributed by atoms with van der Waals surface area (Å²) in [5.41, 5.74) is -0.447. The highest BCUT2D eigenvalue weighted by Crippen LogP contribution is 2.53. The number of hydrogen-bond donors (Lipinski definition) is 1. The number of carbonyl (C=O) groups is 1. The molecule has 0 spiro atoms. The van der Waals surface area contributed by atoms with Crippen molar-refractivity contribution in [2.75, 3.05) is 0 Å². The smallest absolute Gasteiger partial charge is 0.411 e. The molecule has 0 aromatic carbocycles. The zero-order valence-corrected chi connectivity index (χ0v) is 11.0. The molecular weight excluding hydrogens is 230 g/mol. The van der Waals surface area contributed by atoms with Gasteiger partial charge < -0.3 is 9.72 Å². The molecule has 3 atom stereocenters. The van der Waals surface area contributed by atoms with Crippen LogP contribution in [-0.2, 0) is 4.74 Å². The van der Waals surface area contributed by atoms with Crippen molar-refractivity contribution >= 4 is 6.09 Å². The Hall–Kier alpha value is -1.52. The van der Waals surface area contributed by atoms with Crippen molar-refractivity contribution in [3.05, 3.63) is 18.2 Å². The van der Waals surface area contributed by atoms with Crippen LogP contribution in [0.3, 0.4) is 0 Å². The van der Waals surface area contributed by atoms with Gasteiger partial charge in [0.15, 0.2) is 0 Å². The van der Waals surface area contributed by atoms with Gasteiger partial charge in [0.25, 0.3) is 0 Å². The number of likely N-dealkylation sites (tertiary alicyclic amines) is 1. The van der Waals surface area contributed by atoms with Gasteiger partial charge in [0.2, 0.25) is 0 Å². The molecule has 1 aliphatic carbocycles. The molecular formula is C13H19N3O2. The van der Waals surface area contributed by atoms with E-state index in [-0.39, 0.29) is 12.1 Å². The molecule has 98 valence electrons. The number of amides is 1. The number of hydrogen-bond acceptors (Lipinski definition) is 3. The van der Waals surface area contributed by atoms with E-state index in [4.69, 9.17) is 4.74 Å². The Balaban J connectivity index is 1.78. The van der Waals surface area contributed by atoms with E-state index in [0.29, 0.717) is 12.0 Å². The van der Waals surface area contributed by atoms with E-state index in [1.807, 2.05) is 25.7 Å². The third-order valence-electron chi connectivity index (χ3n) is 3.54. The molecule has 2 heterocycles. The molecule has 1 N–H and O–H groups in total. The molecule has 5 heteroatoms. The van der Waals surface area contributed by atoms with Gasteiger partial charge in [0, 0.05) is 18.4 Å². The van der Waals surface area contributed by atoms with Gasteiger partial charge >= 0.3 is 6.09 Å². The number of H-pyrrole nitrogens is 1. The molecule has 1 aromatic heterocycles. The van der Waals surface area contributed by atoms with Crippen molar-refractivity contribution in [3.63, 3.8) is 0 Å². The average Bonchev–Trinajstić information content (AvgIpc) is 2.76. The fourth-order valence-corrected chi connectivity index (χ4v) is 2.74. The van der Waals surface area contributed by atoms with Gasteiger partial charge in [-0.3, -0.25) is 4.90 Å². The summed E-state index contributed by atoms with van der Waals surface area (Å²) in [5, 5.41) is 0. The monoisotopic (exact) mass is 249 g/mol. The van der Waals surface area contributed by atoms with Crippen LogP contribution >= 0.6 is 0 Å². The van der Waals surface area contributed by atoms with E-state index in [1.165, 1.54) is 0 Å². The van der Waals surface area contributed by atoms with Gasteiger partial charge in [-0.1, -0.05) is 0 Å². The Morgan fingerprint density at radius 1 is 1.50 bits per heavy atom. The fraction of sp³-hybridized carbons (Fsp3) is 0.692. The Morgan fingerprint density at radius 2 is 2.28 bits per heavy atom. The van der Waals surface area contributed by atoms with Crippen molar-refractivity contribution in [1.29, 1.82) is 0 Å². The molecule has 2 unspecified atom stereocenters. The maximum atomic E-state index is 12.3. The molecule has 0 radical (unpaired) electrons. The largest absolute Gasteiger partial charge is 0.444 e. The molecule has 0 bridgehead atoms. The lowest BCUT2D eigenvalue weighted by Crippen LogP contribution is -2.38. The molecule has 18 heavy (non-hydrogen) atoms. The highest BCUT2D eigenvalue weighted by molar-refractivity contribution is 5.70. The number of nitrogens with one attached hydrogen (secondary N) is 1. The van der Waals surface area contributed by atoms with Crippen molar-refractivity contribution < 1.29 is 9.53 Å². The summed E-state index contributed by atoms with van der Waals surface area (Å²) in [7, 11) is 0. The van der Waals surface area contributed by atoms with Crippen LogP contribution in [0.4, 0.5) is 4.79 Å². The van der Waals surface area contributed by atoms with Crippen LogP contribution < -0.4 is 0 Å². The molecule has 1 saturated carbocycles. The summed E-state index contributed by atoms with van der Waals surface area (Å²) < 4.78 is 5.49. The molecule has 2 aliphatic rings. The third kappa shape index (κ3) is 1.98. The van der Waals surface area contributed by atoms with E-state index in [0.717, 1.165) is 18.7 Å². The zero-order chi connectivity index (χ0) is 12.9. The topological polar surface area (TPSA) is 58.2 Å². The number of aromatic amines is 1. The lowest BCUT2D eigenvalue weighted by atomic mass is 10.1. The minimum Gasteiger partial charge on any atom is -0.444 e. The predicted octanol–water partition coefficient (Wildman–Crippen LogP) is 2.48. The van der Waals surface area contributed by atoms with Crippen molar-refractivity contribution in [1.82, 2.24) is 14.9 Å². The number of ether oxygens (including phenoxy) is 1.